The first kappa shape index (κ1) is 19.7. The molecule has 0 aromatic heterocycles. The molecular weight excluding hydrogens is 316 g/mol. The van der Waals surface area contributed by atoms with Crippen LogP contribution in [0.2, 0.25) is 0 Å². The fourth-order valence-corrected chi connectivity index (χ4v) is 3.34. The lowest BCUT2D eigenvalue weighted by Gasteiger charge is -2.35. The monoisotopic (exact) mass is 348 g/mol. The molecule has 0 heterocycles. The van der Waals surface area contributed by atoms with Crippen LogP contribution in [0.1, 0.15) is 70.5 Å². The fraction of sp³-hybridized carbons (Fsp3) is 0.650. The molecule has 1 aliphatic carbocycles. The molecule has 0 saturated heterocycles. The molecule has 5 heteroatoms. The quantitative estimate of drug-likeness (QED) is 0.759. The Morgan fingerprint density at radius 1 is 1.28 bits per heavy atom. The number of rotatable bonds is 5. The van der Waals surface area contributed by atoms with E-state index >= 15 is 0 Å². The van der Waals surface area contributed by atoms with Gasteiger partial charge in [0.25, 0.3) is 0 Å². The molecule has 2 rings (SSSR count). The van der Waals surface area contributed by atoms with Crippen LogP contribution in [-0.2, 0) is 11.3 Å². The average Bonchev–Trinajstić information content (AvgIpc) is 2.55. The molecule has 0 aliphatic heterocycles. The Labute approximate surface area is 151 Å². The molecule has 1 aromatic rings. The number of aliphatic hydroxyl groups excluding tert-OH is 1. The van der Waals surface area contributed by atoms with Crippen LogP contribution in [0.15, 0.2) is 24.3 Å². The third kappa shape index (κ3) is 6.33. The summed E-state index contributed by atoms with van der Waals surface area (Å²) < 4.78 is 5.40. The molecule has 0 bridgehead atoms. The minimum absolute atomic E-state index is 0.0484. The molecule has 1 aromatic carbocycles. The summed E-state index contributed by atoms with van der Waals surface area (Å²) in [7, 11) is 0. The van der Waals surface area contributed by atoms with Crippen molar-refractivity contribution in [2.24, 2.45) is 0 Å². The second-order valence-electron chi connectivity index (χ2n) is 7.94. The molecule has 1 amide bonds. The van der Waals surface area contributed by atoms with Gasteiger partial charge < -0.3 is 20.5 Å². The van der Waals surface area contributed by atoms with Crippen LogP contribution < -0.4 is 10.6 Å². The highest BCUT2D eigenvalue weighted by Gasteiger charge is 2.29. The largest absolute Gasteiger partial charge is 0.444 e. The third-order valence-electron chi connectivity index (χ3n) is 4.57. The Morgan fingerprint density at radius 3 is 2.60 bits per heavy atom. The van der Waals surface area contributed by atoms with Crippen molar-refractivity contribution in [1.29, 1.82) is 0 Å². The maximum absolute atomic E-state index is 12.1. The van der Waals surface area contributed by atoms with Gasteiger partial charge in [-0.25, -0.2) is 4.79 Å². The Kier molecular flexibility index (Phi) is 6.85. The van der Waals surface area contributed by atoms with E-state index in [0.717, 1.165) is 36.8 Å². The number of carbonyl (C=O) groups is 1. The van der Waals surface area contributed by atoms with Gasteiger partial charge in [0.1, 0.15) is 5.60 Å². The van der Waals surface area contributed by atoms with E-state index in [4.69, 9.17) is 4.74 Å². The van der Waals surface area contributed by atoms with Gasteiger partial charge in [-0.3, -0.25) is 0 Å². The first-order valence-corrected chi connectivity index (χ1v) is 9.24. The van der Waals surface area contributed by atoms with Crippen molar-refractivity contribution in [3.8, 4) is 0 Å². The van der Waals surface area contributed by atoms with E-state index in [1.54, 1.807) is 0 Å². The minimum atomic E-state index is -0.486. The molecule has 1 unspecified atom stereocenters. The molecule has 3 N–H and O–H groups in total. The average molecular weight is 348 g/mol. The highest BCUT2D eigenvalue weighted by molar-refractivity contribution is 5.68. The summed E-state index contributed by atoms with van der Waals surface area (Å²) >= 11 is 0. The zero-order chi connectivity index (χ0) is 18.4. The summed E-state index contributed by atoms with van der Waals surface area (Å²) in [6.07, 6.45) is 3.92. The van der Waals surface area contributed by atoms with E-state index in [1.807, 2.05) is 39.0 Å². The molecule has 1 saturated carbocycles. The lowest BCUT2D eigenvalue weighted by molar-refractivity contribution is 0.0477. The van der Waals surface area contributed by atoms with Gasteiger partial charge in [-0.2, -0.15) is 0 Å². The van der Waals surface area contributed by atoms with Gasteiger partial charge in [0, 0.05) is 18.1 Å². The summed E-state index contributed by atoms with van der Waals surface area (Å²) in [6.45, 7) is 7.79. The van der Waals surface area contributed by atoms with Gasteiger partial charge >= 0.3 is 6.09 Å². The summed E-state index contributed by atoms with van der Waals surface area (Å²) in [5.74, 6) is 0. The Balaban J connectivity index is 1.98. The standard InChI is InChI=1S/C20H32N2O3/c1-14(16-9-7-8-15(12-16)13-23)21-17-10-5-6-11-18(17)22-19(24)25-20(2,3)4/h7-9,12,14,17-18,21,23H,5-6,10-11,13H2,1-4H3,(H,22,24)/t14?,17-,18-/m1/s1. The van der Waals surface area contributed by atoms with Crippen molar-refractivity contribution in [3.63, 3.8) is 0 Å². The molecular formula is C20H32N2O3. The molecule has 140 valence electrons. The Bertz CT molecular complexity index is 568. The van der Waals surface area contributed by atoms with Gasteiger partial charge in [-0.1, -0.05) is 37.1 Å². The van der Waals surface area contributed by atoms with Crippen LogP contribution in [0.3, 0.4) is 0 Å². The summed E-state index contributed by atoms with van der Waals surface area (Å²) in [5.41, 5.74) is 1.58. The maximum Gasteiger partial charge on any atom is 0.407 e. The third-order valence-corrected chi connectivity index (χ3v) is 4.57. The smallest absolute Gasteiger partial charge is 0.407 e. The van der Waals surface area contributed by atoms with E-state index in [2.05, 4.69) is 23.6 Å². The Hall–Kier alpha value is -1.59. The minimum Gasteiger partial charge on any atom is -0.444 e. The number of aliphatic hydroxyl groups is 1. The number of hydrogen-bond acceptors (Lipinski definition) is 4. The van der Waals surface area contributed by atoms with Crippen LogP contribution in [0.4, 0.5) is 4.79 Å². The van der Waals surface area contributed by atoms with E-state index in [1.165, 1.54) is 0 Å². The predicted molar refractivity (Wildman–Crippen MR) is 99.3 cm³/mol. The molecule has 1 fully saturated rings. The molecule has 1 aliphatic rings. The number of ether oxygens (including phenoxy) is 1. The van der Waals surface area contributed by atoms with Crippen molar-refractivity contribution >= 4 is 6.09 Å². The van der Waals surface area contributed by atoms with Gasteiger partial charge in [0.2, 0.25) is 0 Å². The zero-order valence-corrected chi connectivity index (χ0v) is 15.8. The number of carbonyl (C=O) groups excluding carboxylic acids is 1. The Morgan fingerprint density at radius 2 is 1.96 bits per heavy atom. The highest BCUT2D eigenvalue weighted by Crippen LogP contribution is 2.23. The van der Waals surface area contributed by atoms with Crippen molar-refractivity contribution < 1.29 is 14.6 Å². The summed E-state index contributed by atoms with van der Waals surface area (Å²) in [6, 6.07) is 8.42. The van der Waals surface area contributed by atoms with Crippen molar-refractivity contribution in [2.45, 2.75) is 83.7 Å². The molecule has 5 nitrogen and oxygen atoms in total. The van der Waals surface area contributed by atoms with Gasteiger partial charge in [-0.05, 0) is 51.7 Å². The predicted octanol–water partition coefficient (Wildman–Crippen LogP) is 3.67. The summed E-state index contributed by atoms with van der Waals surface area (Å²) in [4.78, 5) is 12.1. The lowest BCUT2D eigenvalue weighted by atomic mass is 9.89. The van der Waals surface area contributed by atoms with E-state index in [9.17, 15) is 9.90 Å². The fourth-order valence-electron chi connectivity index (χ4n) is 3.34. The van der Waals surface area contributed by atoms with E-state index < -0.39 is 5.60 Å². The molecule has 0 radical (unpaired) electrons. The highest BCUT2D eigenvalue weighted by atomic mass is 16.6. The molecule has 0 spiro atoms. The topological polar surface area (TPSA) is 70.6 Å². The lowest BCUT2D eigenvalue weighted by Crippen LogP contribution is -2.53. The van der Waals surface area contributed by atoms with Crippen LogP contribution in [0, 0.1) is 0 Å². The second-order valence-corrected chi connectivity index (χ2v) is 7.94. The number of amides is 1. The second kappa shape index (κ2) is 8.68. The van der Waals surface area contributed by atoms with E-state index in [0.29, 0.717) is 0 Å². The van der Waals surface area contributed by atoms with Crippen LogP contribution in [0.25, 0.3) is 0 Å². The first-order valence-electron chi connectivity index (χ1n) is 9.24. The van der Waals surface area contributed by atoms with Crippen LogP contribution in [0.5, 0.6) is 0 Å². The first-order chi connectivity index (χ1) is 11.8. The van der Waals surface area contributed by atoms with Crippen molar-refractivity contribution in [2.75, 3.05) is 0 Å². The molecule has 25 heavy (non-hydrogen) atoms. The molecule has 3 atom stereocenters. The normalized spacial score (nSPS) is 22.3. The van der Waals surface area contributed by atoms with Crippen molar-refractivity contribution in [1.82, 2.24) is 10.6 Å². The number of nitrogens with one attached hydrogen (secondary N) is 2. The van der Waals surface area contributed by atoms with Crippen LogP contribution in [-0.4, -0.2) is 28.9 Å². The van der Waals surface area contributed by atoms with Crippen LogP contribution >= 0.6 is 0 Å². The van der Waals surface area contributed by atoms with Gasteiger partial charge in [0.15, 0.2) is 0 Å². The summed E-state index contributed by atoms with van der Waals surface area (Å²) in [5, 5.41) is 16.0. The zero-order valence-electron chi connectivity index (χ0n) is 15.8. The van der Waals surface area contributed by atoms with Crippen molar-refractivity contribution in [3.05, 3.63) is 35.4 Å². The van der Waals surface area contributed by atoms with Gasteiger partial charge in [-0.15, -0.1) is 0 Å². The van der Waals surface area contributed by atoms with E-state index in [-0.39, 0.29) is 30.8 Å². The number of benzene rings is 1. The SMILES string of the molecule is CC(N[C@@H]1CCCC[C@H]1NC(=O)OC(C)(C)C)c1cccc(CO)c1. The van der Waals surface area contributed by atoms with Gasteiger partial charge in [0.05, 0.1) is 6.61 Å². The maximum atomic E-state index is 12.1. The number of alkyl carbamates (subject to hydrolysis) is 1. The number of hydrogen-bond donors (Lipinski definition) is 3.